The van der Waals surface area contributed by atoms with Gasteiger partial charge in [-0.05, 0) is 33.1 Å². The van der Waals surface area contributed by atoms with Crippen molar-refractivity contribution in [3.63, 3.8) is 0 Å². The van der Waals surface area contributed by atoms with Crippen LogP contribution in [-0.4, -0.2) is 36.2 Å². The lowest BCUT2D eigenvalue weighted by atomic mass is 9.92. The molecule has 1 amide bonds. The van der Waals surface area contributed by atoms with Gasteiger partial charge < -0.3 is 15.4 Å². The zero-order valence-corrected chi connectivity index (χ0v) is 9.03. The maximum absolute atomic E-state index is 11.6. The number of nitrogens with zero attached hydrogens (tertiary/aromatic N) is 1. The molecule has 0 aromatic heterocycles. The van der Waals surface area contributed by atoms with E-state index < -0.39 is 0 Å². The van der Waals surface area contributed by atoms with Crippen LogP contribution in [0, 0.1) is 0 Å². The van der Waals surface area contributed by atoms with Crippen molar-refractivity contribution in [3.05, 3.63) is 0 Å². The molecule has 0 heterocycles. The molecule has 0 unspecified atom stereocenters. The topological polar surface area (TPSA) is 55.6 Å². The molecule has 14 heavy (non-hydrogen) atoms. The first-order valence-corrected chi connectivity index (χ1v) is 5.32. The molecule has 82 valence electrons. The average molecular weight is 200 g/mol. The van der Waals surface area contributed by atoms with Crippen LogP contribution in [-0.2, 0) is 4.74 Å². The molecule has 0 spiro atoms. The molecule has 1 aliphatic carbocycles. The Morgan fingerprint density at radius 2 is 2.21 bits per heavy atom. The fourth-order valence-electron chi connectivity index (χ4n) is 1.53. The molecular formula is C10H20N2O2. The summed E-state index contributed by atoms with van der Waals surface area (Å²) in [6.07, 6.45) is 3.12. The Bertz CT molecular complexity index is 191. The van der Waals surface area contributed by atoms with Crippen molar-refractivity contribution in [2.75, 3.05) is 13.1 Å². The predicted molar refractivity (Wildman–Crippen MR) is 55.0 cm³/mol. The largest absolute Gasteiger partial charge is 0.447 e. The summed E-state index contributed by atoms with van der Waals surface area (Å²) >= 11 is 0. The molecule has 0 radical (unpaired) electrons. The molecule has 1 rings (SSSR count). The molecule has 0 atom stereocenters. The SMILES string of the molecule is CC(C)OC(=O)N(CCN)C1CCC1. The highest BCUT2D eigenvalue weighted by atomic mass is 16.6. The number of nitrogens with two attached hydrogens (primary N) is 1. The summed E-state index contributed by atoms with van der Waals surface area (Å²) in [5, 5.41) is 0. The van der Waals surface area contributed by atoms with Crippen LogP contribution >= 0.6 is 0 Å². The van der Waals surface area contributed by atoms with E-state index in [0.29, 0.717) is 19.1 Å². The third kappa shape index (κ3) is 2.87. The summed E-state index contributed by atoms with van der Waals surface area (Å²) in [6, 6.07) is 0.366. The van der Waals surface area contributed by atoms with Crippen molar-refractivity contribution < 1.29 is 9.53 Å². The normalized spacial score (nSPS) is 16.6. The van der Waals surface area contributed by atoms with Gasteiger partial charge >= 0.3 is 6.09 Å². The fraction of sp³-hybridized carbons (Fsp3) is 0.900. The zero-order valence-electron chi connectivity index (χ0n) is 9.03. The van der Waals surface area contributed by atoms with Gasteiger partial charge in [-0.2, -0.15) is 0 Å². The van der Waals surface area contributed by atoms with E-state index in [2.05, 4.69) is 0 Å². The molecule has 0 aromatic rings. The molecule has 2 N–H and O–H groups in total. The number of hydrogen-bond donors (Lipinski definition) is 1. The molecule has 0 aliphatic heterocycles. The second-order valence-corrected chi connectivity index (χ2v) is 4.00. The summed E-state index contributed by atoms with van der Waals surface area (Å²) < 4.78 is 5.15. The van der Waals surface area contributed by atoms with E-state index in [9.17, 15) is 4.79 Å². The van der Waals surface area contributed by atoms with Crippen LogP contribution in [0.5, 0.6) is 0 Å². The second kappa shape index (κ2) is 5.20. The van der Waals surface area contributed by atoms with Crippen molar-refractivity contribution >= 4 is 6.09 Å². The highest BCUT2D eigenvalue weighted by molar-refractivity contribution is 5.68. The van der Waals surface area contributed by atoms with Crippen molar-refractivity contribution in [1.29, 1.82) is 0 Å². The summed E-state index contributed by atoms with van der Waals surface area (Å²) in [6.45, 7) is 4.83. The number of carbonyl (C=O) groups is 1. The third-order valence-corrected chi connectivity index (χ3v) is 2.46. The number of rotatable bonds is 4. The molecule has 1 aliphatic rings. The van der Waals surface area contributed by atoms with E-state index in [1.165, 1.54) is 6.42 Å². The average Bonchev–Trinajstić information content (AvgIpc) is 1.98. The molecular weight excluding hydrogens is 180 g/mol. The van der Waals surface area contributed by atoms with E-state index >= 15 is 0 Å². The zero-order chi connectivity index (χ0) is 10.6. The van der Waals surface area contributed by atoms with Crippen LogP contribution in [0.3, 0.4) is 0 Å². The molecule has 0 bridgehead atoms. The van der Waals surface area contributed by atoms with E-state index in [1.54, 1.807) is 4.90 Å². The highest BCUT2D eigenvalue weighted by Crippen LogP contribution is 2.25. The summed E-state index contributed by atoms with van der Waals surface area (Å²) in [5.41, 5.74) is 5.47. The lowest BCUT2D eigenvalue weighted by Gasteiger charge is -2.36. The van der Waals surface area contributed by atoms with Crippen LogP contribution in [0.1, 0.15) is 33.1 Å². The molecule has 1 fully saturated rings. The minimum absolute atomic E-state index is 0.0529. The van der Waals surface area contributed by atoms with Crippen molar-refractivity contribution in [2.45, 2.75) is 45.3 Å². The summed E-state index contributed by atoms with van der Waals surface area (Å²) in [7, 11) is 0. The maximum Gasteiger partial charge on any atom is 0.410 e. The minimum atomic E-state index is -0.213. The van der Waals surface area contributed by atoms with E-state index in [-0.39, 0.29) is 12.2 Å². The first-order valence-electron chi connectivity index (χ1n) is 5.32. The number of hydrogen-bond acceptors (Lipinski definition) is 3. The van der Waals surface area contributed by atoms with Gasteiger partial charge in [0.1, 0.15) is 0 Å². The Hall–Kier alpha value is -0.770. The van der Waals surface area contributed by atoms with Crippen LogP contribution in [0.2, 0.25) is 0 Å². The van der Waals surface area contributed by atoms with E-state index in [1.807, 2.05) is 13.8 Å². The van der Waals surface area contributed by atoms with Gasteiger partial charge in [0.05, 0.1) is 6.10 Å². The van der Waals surface area contributed by atoms with Crippen LogP contribution in [0.25, 0.3) is 0 Å². The Balaban J connectivity index is 2.43. The van der Waals surface area contributed by atoms with Gasteiger partial charge in [-0.1, -0.05) is 0 Å². The monoisotopic (exact) mass is 200 g/mol. The van der Waals surface area contributed by atoms with Gasteiger partial charge in [-0.25, -0.2) is 4.79 Å². The van der Waals surface area contributed by atoms with Crippen molar-refractivity contribution in [3.8, 4) is 0 Å². The van der Waals surface area contributed by atoms with E-state index in [0.717, 1.165) is 12.8 Å². The van der Waals surface area contributed by atoms with Crippen LogP contribution < -0.4 is 5.73 Å². The first kappa shape index (κ1) is 11.3. The first-order chi connectivity index (χ1) is 6.65. The Morgan fingerprint density at radius 1 is 1.57 bits per heavy atom. The Labute approximate surface area is 85.4 Å². The smallest absolute Gasteiger partial charge is 0.410 e. The van der Waals surface area contributed by atoms with Gasteiger partial charge in [-0.3, -0.25) is 0 Å². The number of ether oxygens (including phenoxy) is 1. The van der Waals surface area contributed by atoms with Crippen molar-refractivity contribution in [2.24, 2.45) is 5.73 Å². The summed E-state index contributed by atoms with van der Waals surface area (Å²) in [5.74, 6) is 0. The van der Waals surface area contributed by atoms with Crippen LogP contribution in [0.4, 0.5) is 4.79 Å². The second-order valence-electron chi connectivity index (χ2n) is 4.00. The van der Waals surface area contributed by atoms with Gasteiger partial charge in [0.25, 0.3) is 0 Å². The van der Waals surface area contributed by atoms with Gasteiger partial charge in [0.2, 0.25) is 0 Å². The fourth-order valence-corrected chi connectivity index (χ4v) is 1.53. The predicted octanol–water partition coefficient (Wildman–Crippen LogP) is 1.34. The molecule has 0 aromatic carbocycles. The number of amides is 1. The Kier molecular flexibility index (Phi) is 4.20. The quantitative estimate of drug-likeness (QED) is 0.745. The molecule has 0 saturated heterocycles. The van der Waals surface area contributed by atoms with Gasteiger partial charge in [0, 0.05) is 19.1 Å². The Morgan fingerprint density at radius 3 is 2.57 bits per heavy atom. The summed E-state index contributed by atoms with van der Waals surface area (Å²) in [4.78, 5) is 13.4. The molecule has 1 saturated carbocycles. The van der Waals surface area contributed by atoms with Gasteiger partial charge in [0.15, 0.2) is 0 Å². The lowest BCUT2D eigenvalue weighted by Crippen LogP contribution is -2.47. The van der Waals surface area contributed by atoms with Crippen molar-refractivity contribution in [1.82, 2.24) is 4.90 Å². The molecule has 4 nitrogen and oxygen atoms in total. The third-order valence-electron chi connectivity index (χ3n) is 2.46. The highest BCUT2D eigenvalue weighted by Gasteiger charge is 2.29. The molecule has 4 heteroatoms. The van der Waals surface area contributed by atoms with E-state index in [4.69, 9.17) is 10.5 Å². The minimum Gasteiger partial charge on any atom is -0.447 e. The van der Waals surface area contributed by atoms with Crippen LogP contribution in [0.15, 0.2) is 0 Å². The number of carbonyl (C=O) groups excluding carboxylic acids is 1. The van der Waals surface area contributed by atoms with Gasteiger partial charge in [-0.15, -0.1) is 0 Å². The lowest BCUT2D eigenvalue weighted by molar-refractivity contribution is 0.0493. The maximum atomic E-state index is 11.6. The standard InChI is InChI=1S/C10H20N2O2/c1-8(2)14-10(13)12(7-6-11)9-4-3-5-9/h8-9H,3-7,11H2,1-2H3.